The second-order valence-electron chi connectivity index (χ2n) is 9.05. The van der Waals surface area contributed by atoms with Gasteiger partial charge in [0.15, 0.2) is 0 Å². The van der Waals surface area contributed by atoms with E-state index in [9.17, 15) is 19.5 Å². The number of aliphatic hydroxyl groups is 1. The molecule has 2 rings (SSSR count). The fraction of sp³-hybridized carbons (Fsp3) is 0.520. The molecule has 10 nitrogen and oxygen atoms in total. The molecule has 1 heterocycles. The van der Waals surface area contributed by atoms with Crippen LogP contribution in [0.4, 0.5) is 0 Å². The van der Waals surface area contributed by atoms with Crippen molar-refractivity contribution < 1.29 is 19.5 Å². The number of hydrogen-bond acceptors (Lipinski definition) is 7. The van der Waals surface area contributed by atoms with Crippen molar-refractivity contribution in [3.63, 3.8) is 0 Å². The van der Waals surface area contributed by atoms with E-state index in [0.717, 1.165) is 4.57 Å². The predicted molar refractivity (Wildman–Crippen MR) is 134 cm³/mol. The van der Waals surface area contributed by atoms with Crippen LogP contribution >= 0.6 is 0 Å². The molecule has 0 saturated carbocycles. The number of carbonyl (C=O) groups is 1. The van der Waals surface area contributed by atoms with Gasteiger partial charge in [0.2, 0.25) is 5.91 Å². The van der Waals surface area contributed by atoms with E-state index in [1.165, 1.54) is 17.9 Å². The minimum Gasteiger partial charge on any atom is -0.496 e. The van der Waals surface area contributed by atoms with E-state index in [2.05, 4.69) is 10.5 Å². The molecule has 2 aromatic rings. The van der Waals surface area contributed by atoms with Crippen LogP contribution < -0.4 is 21.3 Å². The highest BCUT2D eigenvalue weighted by atomic mass is 16.6. The Labute approximate surface area is 205 Å². The Balaban J connectivity index is 2.54. The monoisotopic (exact) mass is 488 g/mol. The van der Waals surface area contributed by atoms with Gasteiger partial charge in [0.25, 0.3) is 5.56 Å². The van der Waals surface area contributed by atoms with Crippen LogP contribution in [0.25, 0.3) is 0 Å². The molecular formula is C25H36N4O6. The zero-order chi connectivity index (χ0) is 26.3. The standard InChI is InChI=1S/C25H36N4O6/c1-15(2)23(31)26-17(5)12-29-24(32)20(18(6)27-35-16(3)4)13-28(25(29)33)14-21(30)19-10-8-9-11-22(19)34-7/h8-11,13,15-17,21,30H,12,14H2,1-7H3,(H,26,31)/b27-18-. The lowest BCUT2D eigenvalue weighted by atomic mass is 10.1. The third kappa shape index (κ3) is 7.29. The molecule has 0 saturated heterocycles. The fourth-order valence-electron chi connectivity index (χ4n) is 3.38. The smallest absolute Gasteiger partial charge is 0.331 e. The van der Waals surface area contributed by atoms with E-state index in [1.807, 2.05) is 0 Å². The molecule has 0 aliphatic heterocycles. The van der Waals surface area contributed by atoms with Crippen molar-refractivity contribution in [2.75, 3.05) is 7.11 Å². The molecule has 0 aliphatic rings. The second kappa shape index (κ2) is 12.3. The van der Waals surface area contributed by atoms with E-state index in [-0.39, 0.29) is 42.3 Å². The van der Waals surface area contributed by atoms with Crippen LogP contribution in [-0.4, -0.2) is 45.1 Å². The van der Waals surface area contributed by atoms with Gasteiger partial charge in [-0.1, -0.05) is 37.2 Å². The molecule has 0 bridgehead atoms. The largest absolute Gasteiger partial charge is 0.496 e. The number of oxime groups is 1. The van der Waals surface area contributed by atoms with Crippen LogP contribution in [0.2, 0.25) is 0 Å². The zero-order valence-electron chi connectivity index (χ0n) is 21.4. The molecule has 2 unspecified atom stereocenters. The highest BCUT2D eigenvalue weighted by molar-refractivity contribution is 5.97. The van der Waals surface area contributed by atoms with Crippen LogP contribution in [0.15, 0.2) is 45.2 Å². The quantitative estimate of drug-likeness (QED) is 0.369. The second-order valence-corrected chi connectivity index (χ2v) is 9.05. The van der Waals surface area contributed by atoms with E-state index in [1.54, 1.807) is 65.8 Å². The zero-order valence-corrected chi connectivity index (χ0v) is 21.4. The SMILES string of the molecule is COc1ccccc1C(O)Cn1cc(/C(C)=N\OC(C)C)c(=O)n(CC(C)NC(=O)C(C)C)c1=O. The van der Waals surface area contributed by atoms with Crippen molar-refractivity contribution in [3.8, 4) is 5.75 Å². The summed E-state index contributed by atoms with van der Waals surface area (Å²) in [5.74, 6) is 0.0575. The minimum atomic E-state index is -1.08. The number of nitrogens with zero attached hydrogens (tertiary/aromatic N) is 3. The molecule has 0 fully saturated rings. The number of ether oxygens (including phenoxy) is 1. The maximum absolute atomic E-state index is 13.3. The van der Waals surface area contributed by atoms with Gasteiger partial charge in [0, 0.05) is 23.7 Å². The number of carbonyl (C=O) groups excluding carboxylic acids is 1. The van der Waals surface area contributed by atoms with Gasteiger partial charge in [-0.15, -0.1) is 0 Å². The summed E-state index contributed by atoms with van der Waals surface area (Å²) in [5, 5.41) is 17.7. The number of amides is 1. The number of hydrogen-bond donors (Lipinski definition) is 2. The molecule has 35 heavy (non-hydrogen) atoms. The van der Waals surface area contributed by atoms with Crippen LogP contribution in [0.1, 0.15) is 58.8 Å². The Morgan fingerprint density at radius 3 is 2.37 bits per heavy atom. The van der Waals surface area contributed by atoms with Crippen LogP contribution in [0.5, 0.6) is 5.75 Å². The maximum atomic E-state index is 13.3. The Morgan fingerprint density at radius 1 is 1.11 bits per heavy atom. The summed E-state index contributed by atoms with van der Waals surface area (Å²) in [6, 6.07) is 6.48. The number of aliphatic hydroxyl groups excluding tert-OH is 1. The molecule has 1 aromatic heterocycles. The maximum Gasteiger partial charge on any atom is 0.331 e. The molecule has 0 spiro atoms. The van der Waals surface area contributed by atoms with Crippen LogP contribution in [-0.2, 0) is 22.7 Å². The minimum absolute atomic E-state index is 0.0486. The molecule has 192 valence electrons. The third-order valence-electron chi connectivity index (χ3n) is 5.26. The molecule has 2 N–H and O–H groups in total. The van der Waals surface area contributed by atoms with E-state index < -0.39 is 23.4 Å². The number of benzene rings is 1. The average molecular weight is 489 g/mol. The Bertz CT molecular complexity index is 1170. The summed E-state index contributed by atoms with van der Waals surface area (Å²) < 4.78 is 7.63. The van der Waals surface area contributed by atoms with Gasteiger partial charge in [-0.3, -0.25) is 18.7 Å². The number of aromatic nitrogens is 2. The number of para-hydroxylation sites is 1. The molecule has 10 heteroatoms. The molecule has 1 amide bonds. The van der Waals surface area contributed by atoms with Crippen molar-refractivity contribution >= 4 is 11.6 Å². The van der Waals surface area contributed by atoms with Crippen molar-refractivity contribution in [1.29, 1.82) is 0 Å². The predicted octanol–water partition coefficient (Wildman–Crippen LogP) is 2.06. The van der Waals surface area contributed by atoms with Crippen molar-refractivity contribution in [1.82, 2.24) is 14.5 Å². The topological polar surface area (TPSA) is 124 Å². The third-order valence-corrected chi connectivity index (χ3v) is 5.26. The summed E-state index contributed by atoms with van der Waals surface area (Å²) in [4.78, 5) is 44.0. The molecule has 2 atom stereocenters. The van der Waals surface area contributed by atoms with Gasteiger partial charge < -0.3 is 20.0 Å². The van der Waals surface area contributed by atoms with Gasteiger partial charge in [0.05, 0.1) is 31.5 Å². The van der Waals surface area contributed by atoms with Gasteiger partial charge in [-0.2, -0.15) is 0 Å². The lowest BCUT2D eigenvalue weighted by Gasteiger charge is -2.20. The lowest BCUT2D eigenvalue weighted by molar-refractivity contribution is -0.124. The van der Waals surface area contributed by atoms with E-state index >= 15 is 0 Å². The first kappa shape index (κ1) is 27.8. The first-order valence-electron chi connectivity index (χ1n) is 11.6. The summed E-state index contributed by atoms with van der Waals surface area (Å²) in [5.41, 5.74) is -0.225. The van der Waals surface area contributed by atoms with E-state index in [0.29, 0.717) is 11.3 Å². The van der Waals surface area contributed by atoms with Crippen molar-refractivity contribution in [2.45, 2.75) is 72.9 Å². The van der Waals surface area contributed by atoms with Gasteiger partial charge in [0.1, 0.15) is 18.0 Å². The molecule has 0 aliphatic carbocycles. The Hall–Kier alpha value is -3.40. The van der Waals surface area contributed by atoms with Gasteiger partial charge >= 0.3 is 5.69 Å². The number of methoxy groups -OCH3 is 1. The Kier molecular flexibility index (Phi) is 9.82. The van der Waals surface area contributed by atoms with Crippen LogP contribution in [0, 0.1) is 5.92 Å². The summed E-state index contributed by atoms with van der Waals surface area (Å²) in [6.07, 6.45) is 0.0984. The normalized spacial score (nSPS) is 13.6. The van der Waals surface area contributed by atoms with E-state index in [4.69, 9.17) is 9.57 Å². The van der Waals surface area contributed by atoms with Gasteiger partial charge in [-0.25, -0.2) is 4.79 Å². The number of rotatable bonds is 11. The lowest BCUT2D eigenvalue weighted by Crippen LogP contribution is -2.48. The first-order valence-corrected chi connectivity index (χ1v) is 11.6. The fourth-order valence-corrected chi connectivity index (χ4v) is 3.38. The highest BCUT2D eigenvalue weighted by Gasteiger charge is 2.21. The Morgan fingerprint density at radius 2 is 1.77 bits per heavy atom. The van der Waals surface area contributed by atoms with Crippen LogP contribution in [0.3, 0.4) is 0 Å². The van der Waals surface area contributed by atoms with Gasteiger partial charge in [-0.05, 0) is 33.8 Å². The summed E-state index contributed by atoms with van der Waals surface area (Å²) in [7, 11) is 1.50. The van der Waals surface area contributed by atoms with Crippen molar-refractivity contribution in [2.24, 2.45) is 11.1 Å². The summed E-state index contributed by atoms with van der Waals surface area (Å²) >= 11 is 0. The van der Waals surface area contributed by atoms with Crippen molar-refractivity contribution in [3.05, 3.63) is 62.4 Å². The average Bonchev–Trinajstić information content (AvgIpc) is 2.81. The molecule has 0 radical (unpaired) electrons. The first-order chi connectivity index (χ1) is 16.5. The molecule has 1 aromatic carbocycles. The highest BCUT2D eigenvalue weighted by Crippen LogP contribution is 2.25. The number of nitrogens with one attached hydrogen (secondary N) is 1. The summed E-state index contributed by atoms with van der Waals surface area (Å²) in [6.45, 7) is 10.3. The molecular weight excluding hydrogens is 452 g/mol.